The number of rotatable bonds is 5. The molecule has 2 rings (SSSR count). The number of halogens is 1. The molecule has 0 heterocycles. The summed E-state index contributed by atoms with van der Waals surface area (Å²) in [4.78, 5) is 36.6. The SMILES string of the molecule is CC(C)(C)OC(=O)Nc1ccc(Cl)cc1C(=O)C(=O)OCc1ccccc1. The molecular weight excluding hydrogens is 370 g/mol. The first-order chi connectivity index (χ1) is 12.7. The molecule has 27 heavy (non-hydrogen) atoms. The fourth-order valence-electron chi connectivity index (χ4n) is 2.13. The van der Waals surface area contributed by atoms with Crippen molar-refractivity contribution in [3.05, 3.63) is 64.7 Å². The Bertz CT molecular complexity index is 843. The van der Waals surface area contributed by atoms with E-state index in [0.29, 0.717) is 0 Å². The summed E-state index contributed by atoms with van der Waals surface area (Å²) in [6, 6.07) is 13.2. The maximum absolute atomic E-state index is 12.5. The van der Waals surface area contributed by atoms with Crippen molar-refractivity contribution in [2.45, 2.75) is 33.0 Å². The highest BCUT2D eigenvalue weighted by atomic mass is 35.5. The molecule has 0 radical (unpaired) electrons. The predicted octanol–water partition coefficient (Wildman–Crippen LogP) is 4.61. The molecule has 0 saturated heterocycles. The minimum absolute atomic E-state index is 0.0409. The lowest BCUT2D eigenvalue weighted by atomic mass is 10.1. The number of carbonyl (C=O) groups excluding carboxylic acids is 3. The van der Waals surface area contributed by atoms with E-state index in [1.54, 1.807) is 45.0 Å². The third-order valence-corrected chi connectivity index (χ3v) is 3.50. The van der Waals surface area contributed by atoms with Crippen LogP contribution >= 0.6 is 11.6 Å². The molecule has 1 amide bonds. The maximum atomic E-state index is 12.5. The first-order valence-corrected chi connectivity index (χ1v) is 8.58. The van der Waals surface area contributed by atoms with Crippen LogP contribution in [0.4, 0.5) is 10.5 Å². The Balaban J connectivity index is 2.13. The van der Waals surface area contributed by atoms with E-state index in [4.69, 9.17) is 21.1 Å². The molecule has 0 saturated carbocycles. The number of anilines is 1. The lowest BCUT2D eigenvalue weighted by Gasteiger charge is -2.20. The van der Waals surface area contributed by atoms with Crippen molar-refractivity contribution >= 4 is 35.1 Å². The van der Waals surface area contributed by atoms with Gasteiger partial charge in [-0.15, -0.1) is 0 Å². The Morgan fingerprint density at radius 2 is 1.70 bits per heavy atom. The van der Waals surface area contributed by atoms with E-state index in [-0.39, 0.29) is 22.9 Å². The van der Waals surface area contributed by atoms with Crippen LogP contribution in [0.15, 0.2) is 48.5 Å². The van der Waals surface area contributed by atoms with Crippen molar-refractivity contribution in [1.29, 1.82) is 0 Å². The molecule has 0 bridgehead atoms. The van der Waals surface area contributed by atoms with Gasteiger partial charge in [0.25, 0.3) is 5.78 Å². The number of ether oxygens (including phenoxy) is 2. The second-order valence-electron chi connectivity index (χ2n) is 6.71. The number of hydrogen-bond acceptors (Lipinski definition) is 5. The predicted molar refractivity (Wildman–Crippen MR) is 102 cm³/mol. The summed E-state index contributed by atoms with van der Waals surface area (Å²) >= 11 is 5.93. The van der Waals surface area contributed by atoms with Crippen LogP contribution in [-0.2, 0) is 20.9 Å². The Labute approximate surface area is 162 Å². The van der Waals surface area contributed by atoms with Crippen molar-refractivity contribution < 1.29 is 23.9 Å². The molecule has 142 valence electrons. The lowest BCUT2D eigenvalue weighted by molar-refractivity contribution is -0.139. The first-order valence-electron chi connectivity index (χ1n) is 8.20. The summed E-state index contributed by atoms with van der Waals surface area (Å²) in [7, 11) is 0. The summed E-state index contributed by atoms with van der Waals surface area (Å²) in [5, 5.41) is 2.70. The zero-order valence-electron chi connectivity index (χ0n) is 15.2. The lowest BCUT2D eigenvalue weighted by Crippen LogP contribution is -2.28. The van der Waals surface area contributed by atoms with Crippen molar-refractivity contribution in [3.63, 3.8) is 0 Å². The third-order valence-electron chi connectivity index (χ3n) is 3.26. The number of benzene rings is 2. The van der Waals surface area contributed by atoms with Gasteiger partial charge < -0.3 is 9.47 Å². The highest BCUT2D eigenvalue weighted by Crippen LogP contribution is 2.23. The van der Waals surface area contributed by atoms with E-state index < -0.39 is 23.4 Å². The van der Waals surface area contributed by atoms with Gasteiger partial charge in [0.05, 0.1) is 11.3 Å². The highest BCUT2D eigenvalue weighted by Gasteiger charge is 2.24. The summed E-state index contributed by atoms with van der Waals surface area (Å²) in [5.41, 5.74) is 0.0635. The molecule has 6 nitrogen and oxygen atoms in total. The van der Waals surface area contributed by atoms with Crippen LogP contribution in [-0.4, -0.2) is 23.4 Å². The van der Waals surface area contributed by atoms with E-state index in [9.17, 15) is 14.4 Å². The Morgan fingerprint density at radius 3 is 2.33 bits per heavy atom. The zero-order valence-corrected chi connectivity index (χ0v) is 16.0. The number of carbonyl (C=O) groups is 3. The average Bonchev–Trinajstić information content (AvgIpc) is 2.60. The normalized spacial score (nSPS) is 10.8. The van der Waals surface area contributed by atoms with Crippen LogP contribution in [0.3, 0.4) is 0 Å². The van der Waals surface area contributed by atoms with Gasteiger partial charge in [0.15, 0.2) is 0 Å². The van der Waals surface area contributed by atoms with Crippen LogP contribution in [0.25, 0.3) is 0 Å². The highest BCUT2D eigenvalue weighted by molar-refractivity contribution is 6.42. The van der Waals surface area contributed by atoms with Gasteiger partial charge in [-0.2, -0.15) is 0 Å². The van der Waals surface area contributed by atoms with Crippen LogP contribution in [0.1, 0.15) is 36.7 Å². The molecule has 0 fully saturated rings. The second-order valence-corrected chi connectivity index (χ2v) is 7.14. The molecule has 1 N–H and O–H groups in total. The van der Waals surface area contributed by atoms with Crippen molar-refractivity contribution in [2.75, 3.05) is 5.32 Å². The number of ketones is 1. The van der Waals surface area contributed by atoms with Gasteiger partial charge in [0.2, 0.25) is 0 Å². The number of esters is 1. The van der Waals surface area contributed by atoms with Gasteiger partial charge in [-0.3, -0.25) is 10.1 Å². The van der Waals surface area contributed by atoms with Crippen molar-refractivity contribution in [2.24, 2.45) is 0 Å². The number of amides is 1. The molecule has 0 spiro atoms. The first kappa shape index (κ1) is 20.5. The van der Waals surface area contributed by atoms with Crippen LogP contribution < -0.4 is 5.32 Å². The average molecular weight is 390 g/mol. The van der Waals surface area contributed by atoms with Gasteiger partial charge in [-0.25, -0.2) is 9.59 Å². The van der Waals surface area contributed by atoms with Gasteiger partial charge in [0, 0.05) is 5.02 Å². The van der Waals surface area contributed by atoms with Gasteiger partial charge in [-0.05, 0) is 44.5 Å². The van der Waals surface area contributed by atoms with E-state index >= 15 is 0 Å². The van der Waals surface area contributed by atoms with Gasteiger partial charge >= 0.3 is 12.1 Å². The Hall–Kier alpha value is -2.86. The number of Topliss-reactive ketones (excluding diaryl/α,β-unsaturated/α-hetero) is 1. The number of nitrogens with one attached hydrogen (secondary N) is 1. The molecule has 2 aromatic carbocycles. The number of hydrogen-bond donors (Lipinski definition) is 1. The fourth-order valence-corrected chi connectivity index (χ4v) is 2.30. The van der Waals surface area contributed by atoms with Crippen molar-refractivity contribution in [3.8, 4) is 0 Å². The van der Waals surface area contributed by atoms with Crippen LogP contribution in [0, 0.1) is 0 Å². The van der Waals surface area contributed by atoms with Crippen LogP contribution in [0.2, 0.25) is 5.02 Å². The Kier molecular flexibility index (Phi) is 6.58. The second kappa shape index (κ2) is 8.68. The van der Waals surface area contributed by atoms with Crippen molar-refractivity contribution in [1.82, 2.24) is 0 Å². The van der Waals surface area contributed by atoms with E-state index in [1.807, 2.05) is 6.07 Å². The van der Waals surface area contributed by atoms with Gasteiger partial charge in [-0.1, -0.05) is 41.9 Å². The molecule has 0 atom stereocenters. The largest absolute Gasteiger partial charge is 0.455 e. The maximum Gasteiger partial charge on any atom is 0.412 e. The Morgan fingerprint density at radius 1 is 1.04 bits per heavy atom. The topological polar surface area (TPSA) is 81.7 Å². The fraction of sp³-hybridized carbons (Fsp3) is 0.250. The monoisotopic (exact) mass is 389 g/mol. The van der Waals surface area contributed by atoms with E-state index in [2.05, 4.69) is 5.32 Å². The zero-order chi connectivity index (χ0) is 20.0. The van der Waals surface area contributed by atoms with Gasteiger partial charge in [0.1, 0.15) is 12.2 Å². The molecule has 0 aliphatic rings. The minimum atomic E-state index is -1.05. The van der Waals surface area contributed by atoms with Crippen LogP contribution in [0.5, 0.6) is 0 Å². The summed E-state index contributed by atoms with van der Waals surface area (Å²) in [6.45, 7) is 5.09. The molecule has 2 aromatic rings. The molecule has 0 aliphatic carbocycles. The molecule has 7 heteroatoms. The smallest absolute Gasteiger partial charge is 0.412 e. The third kappa shape index (κ3) is 6.42. The quantitative estimate of drug-likeness (QED) is 0.458. The molecule has 0 unspecified atom stereocenters. The molecule has 0 aliphatic heterocycles. The minimum Gasteiger partial charge on any atom is -0.455 e. The standard InChI is InChI=1S/C20H20ClNO5/c1-20(2,3)27-19(25)22-16-10-9-14(21)11-15(16)17(23)18(24)26-12-13-7-5-4-6-8-13/h4-11H,12H2,1-3H3,(H,22,25). The summed E-state index contributed by atoms with van der Waals surface area (Å²) in [6.07, 6.45) is -0.753. The van der Waals surface area contributed by atoms with E-state index in [1.165, 1.54) is 18.2 Å². The molecule has 0 aromatic heterocycles. The summed E-state index contributed by atoms with van der Waals surface area (Å²) in [5.74, 6) is -1.96. The summed E-state index contributed by atoms with van der Waals surface area (Å²) < 4.78 is 10.2. The molecular formula is C20H20ClNO5. The van der Waals surface area contributed by atoms with E-state index in [0.717, 1.165) is 5.56 Å².